The SMILES string of the molecule is CCn1c2c(c3cc(OC)c(OC)cc3c1=O)C(=O)c1cc3c(cc1-2)OCO3. The van der Waals surface area contributed by atoms with Crippen LogP contribution in [0, 0.1) is 0 Å². The van der Waals surface area contributed by atoms with Crippen LogP contribution in [0.2, 0.25) is 0 Å². The fraction of sp³-hybridized carbons (Fsp3) is 0.238. The van der Waals surface area contributed by atoms with Gasteiger partial charge in [0.2, 0.25) is 6.79 Å². The number of carbonyl (C=O) groups excluding carboxylic acids is 1. The van der Waals surface area contributed by atoms with E-state index in [0.29, 0.717) is 62.7 Å². The number of ether oxygens (including phenoxy) is 4. The number of methoxy groups -OCH3 is 2. The zero-order valence-corrected chi connectivity index (χ0v) is 15.6. The maximum atomic E-state index is 13.4. The lowest BCUT2D eigenvalue weighted by Gasteiger charge is -2.15. The molecule has 0 spiro atoms. The molecule has 1 aromatic heterocycles. The van der Waals surface area contributed by atoms with Crippen molar-refractivity contribution in [2.45, 2.75) is 13.5 Å². The Labute approximate surface area is 160 Å². The number of pyridine rings is 1. The fourth-order valence-corrected chi connectivity index (χ4v) is 4.04. The van der Waals surface area contributed by atoms with E-state index in [1.54, 1.807) is 28.8 Å². The predicted molar refractivity (Wildman–Crippen MR) is 102 cm³/mol. The van der Waals surface area contributed by atoms with Crippen molar-refractivity contribution in [2.75, 3.05) is 21.0 Å². The number of hydrogen-bond donors (Lipinski definition) is 0. The molecule has 0 atom stereocenters. The van der Waals surface area contributed by atoms with Gasteiger partial charge >= 0.3 is 0 Å². The standard InChI is InChI=1S/C21H17NO6/c1-4-22-19-11-6-16-17(28-9-27-16)7-12(11)20(23)18(19)10-5-14(25-2)15(26-3)8-13(10)21(22)24/h5-8H,4,9H2,1-3H3. The number of ketones is 1. The third kappa shape index (κ3) is 1.98. The van der Waals surface area contributed by atoms with Crippen LogP contribution in [0.25, 0.3) is 22.0 Å². The van der Waals surface area contributed by atoms with Crippen LogP contribution in [-0.2, 0) is 6.54 Å². The van der Waals surface area contributed by atoms with E-state index in [-0.39, 0.29) is 18.1 Å². The molecule has 28 heavy (non-hydrogen) atoms. The van der Waals surface area contributed by atoms with E-state index in [9.17, 15) is 9.59 Å². The first-order chi connectivity index (χ1) is 13.6. The minimum atomic E-state index is -0.185. The molecule has 142 valence electrons. The van der Waals surface area contributed by atoms with Crippen LogP contribution in [0.4, 0.5) is 0 Å². The molecule has 2 heterocycles. The van der Waals surface area contributed by atoms with Gasteiger partial charge in [0.15, 0.2) is 28.8 Å². The summed E-state index contributed by atoms with van der Waals surface area (Å²) < 4.78 is 23.3. The molecule has 0 bridgehead atoms. The molecule has 0 fully saturated rings. The average Bonchev–Trinajstić information content (AvgIpc) is 3.28. The quantitative estimate of drug-likeness (QED) is 0.545. The monoisotopic (exact) mass is 379 g/mol. The van der Waals surface area contributed by atoms with Gasteiger partial charge in [-0.3, -0.25) is 9.59 Å². The first-order valence-corrected chi connectivity index (χ1v) is 8.90. The van der Waals surface area contributed by atoms with Crippen LogP contribution in [0.1, 0.15) is 22.8 Å². The van der Waals surface area contributed by atoms with Crippen molar-refractivity contribution in [1.29, 1.82) is 0 Å². The van der Waals surface area contributed by atoms with Crippen molar-refractivity contribution in [3.63, 3.8) is 0 Å². The highest BCUT2D eigenvalue weighted by Gasteiger charge is 2.35. The molecule has 0 radical (unpaired) electrons. The molecule has 7 heteroatoms. The van der Waals surface area contributed by atoms with Crippen LogP contribution >= 0.6 is 0 Å². The summed E-state index contributed by atoms with van der Waals surface area (Å²) in [4.78, 5) is 26.6. The third-order valence-electron chi connectivity index (χ3n) is 5.33. The molecule has 1 aliphatic heterocycles. The normalized spacial score (nSPS) is 13.6. The largest absolute Gasteiger partial charge is 0.493 e. The van der Waals surface area contributed by atoms with Gasteiger partial charge < -0.3 is 23.5 Å². The lowest BCUT2D eigenvalue weighted by atomic mass is 10.0. The zero-order chi connectivity index (χ0) is 19.6. The smallest absolute Gasteiger partial charge is 0.259 e. The first kappa shape index (κ1) is 16.7. The van der Waals surface area contributed by atoms with Gasteiger partial charge in [-0.1, -0.05) is 0 Å². The number of carbonyl (C=O) groups is 1. The highest BCUT2D eigenvalue weighted by Crippen LogP contribution is 2.46. The van der Waals surface area contributed by atoms with Crippen molar-refractivity contribution in [3.05, 3.63) is 45.7 Å². The highest BCUT2D eigenvalue weighted by atomic mass is 16.7. The minimum absolute atomic E-state index is 0.120. The highest BCUT2D eigenvalue weighted by molar-refractivity contribution is 6.27. The summed E-state index contributed by atoms with van der Waals surface area (Å²) in [6, 6.07) is 6.79. The molecule has 0 N–H and O–H groups in total. The number of aromatic nitrogens is 1. The second-order valence-electron chi connectivity index (χ2n) is 6.61. The molecule has 2 aromatic carbocycles. The lowest BCUT2D eigenvalue weighted by molar-refractivity contribution is 0.104. The molecule has 0 unspecified atom stereocenters. The molecular weight excluding hydrogens is 362 g/mol. The molecule has 3 aromatic rings. The molecular formula is C21H17NO6. The third-order valence-corrected chi connectivity index (χ3v) is 5.33. The number of hydrogen-bond acceptors (Lipinski definition) is 6. The fourth-order valence-electron chi connectivity index (χ4n) is 4.04. The van der Waals surface area contributed by atoms with E-state index in [2.05, 4.69) is 0 Å². The maximum absolute atomic E-state index is 13.4. The van der Waals surface area contributed by atoms with Crippen molar-refractivity contribution in [1.82, 2.24) is 4.57 Å². The van der Waals surface area contributed by atoms with E-state index < -0.39 is 0 Å². The molecule has 1 aliphatic carbocycles. The lowest BCUT2D eigenvalue weighted by Crippen LogP contribution is -2.22. The Morgan fingerprint density at radius 1 is 0.929 bits per heavy atom. The van der Waals surface area contributed by atoms with E-state index in [0.717, 1.165) is 0 Å². The molecule has 0 saturated carbocycles. The van der Waals surface area contributed by atoms with Gasteiger partial charge in [0.1, 0.15) is 0 Å². The van der Waals surface area contributed by atoms with Crippen molar-refractivity contribution in [3.8, 4) is 34.3 Å². The predicted octanol–water partition coefficient (Wildman–Crippen LogP) is 2.98. The Bertz CT molecular complexity index is 1240. The Hall–Kier alpha value is -3.48. The van der Waals surface area contributed by atoms with Crippen LogP contribution < -0.4 is 24.5 Å². The van der Waals surface area contributed by atoms with Gasteiger partial charge in [-0.05, 0) is 31.2 Å². The van der Waals surface area contributed by atoms with Crippen LogP contribution in [0.5, 0.6) is 23.0 Å². The van der Waals surface area contributed by atoms with Crippen molar-refractivity contribution in [2.24, 2.45) is 0 Å². The zero-order valence-electron chi connectivity index (χ0n) is 15.6. The minimum Gasteiger partial charge on any atom is -0.493 e. The number of fused-ring (bicyclic) bond motifs is 6. The van der Waals surface area contributed by atoms with Gasteiger partial charge in [-0.15, -0.1) is 0 Å². The average molecular weight is 379 g/mol. The molecule has 0 amide bonds. The van der Waals surface area contributed by atoms with Crippen LogP contribution in [0.3, 0.4) is 0 Å². The summed E-state index contributed by atoms with van der Waals surface area (Å²) >= 11 is 0. The summed E-state index contributed by atoms with van der Waals surface area (Å²) in [5.41, 5.74) is 2.08. The van der Waals surface area contributed by atoms with Crippen LogP contribution in [0.15, 0.2) is 29.1 Å². The van der Waals surface area contributed by atoms with Gasteiger partial charge in [-0.2, -0.15) is 0 Å². The second-order valence-corrected chi connectivity index (χ2v) is 6.61. The summed E-state index contributed by atoms with van der Waals surface area (Å²) in [5.74, 6) is 1.86. The molecule has 2 aliphatic rings. The van der Waals surface area contributed by atoms with E-state index in [1.165, 1.54) is 14.2 Å². The first-order valence-electron chi connectivity index (χ1n) is 8.90. The van der Waals surface area contributed by atoms with Gasteiger partial charge in [-0.25, -0.2) is 0 Å². The number of rotatable bonds is 3. The second kappa shape index (κ2) is 5.76. The molecule has 5 rings (SSSR count). The molecule has 0 saturated heterocycles. The number of nitrogens with zero attached hydrogens (tertiary/aromatic N) is 1. The van der Waals surface area contributed by atoms with Gasteiger partial charge in [0.25, 0.3) is 5.56 Å². The van der Waals surface area contributed by atoms with E-state index >= 15 is 0 Å². The Morgan fingerprint density at radius 2 is 1.54 bits per heavy atom. The van der Waals surface area contributed by atoms with E-state index in [4.69, 9.17) is 18.9 Å². The van der Waals surface area contributed by atoms with Gasteiger partial charge in [0, 0.05) is 23.1 Å². The van der Waals surface area contributed by atoms with Gasteiger partial charge in [0.05, 0.1) is 30.9 Å². The van der Waals surface area contributed by atoms with Crippen molar-refractivity contribution < 1.29 is 23.7 Å². The summed E-state index contributed by atoms with van der Waals surface area (Å²) in [5, 5.41) is 0.963. The van der Waals surface area contributed by atoms with Crippen LogP contribution in [-0.4, -0.2) is 31.4 Å². The Morgan fingerprint density at radius 3 is 2.14 bits per heavy atom. The summed E-state index contributed by atoms with van der Waals surface area (Å²) in [6.07, 6.45) is 0. The Balaban J connectivity index is 1.93. The summed E-state index contributed by atoms with van der Waals surface area (Å²) in [6.45, 7) is 2.42. The summed E-state index contributed by atoms with van der Waals surface area (Å²) in [7, 11) is 3.03. The maximum Gasteiger partial charge on any atom is 0.259 e. The van der Waals surface area contributed by atoms with E-state index in [1.807, 2.05) is 6.92 Å². The van der Waals surface area contributed by atoms with Crippen molar-refractivity contribution >= 4 is 16.6 Å². The molecule has 7 nitrogen and oxygen atoms in total. The Kier molecular flexibility index (Phi) is 3.43. The topological polar surface area (TPSA) is 76.0 Å². The number of benzene rings is 2.